The van der Waals surface area contributed by atoms with Gasteiger partial charge in [-0.1, -0.05) is 0 Å². The second-order valence-corrected chi connectivity index (χ2v) is 2.85. The van der Waals surface area contributed by atoms with Crippen molar-refractivity contribution in [2.24, 2.45) is 0 Å². The monoisotopic (exact) mass is 200 g/mol. The molecule has 0 bridgehead atoms. The highest BCUT2D eigenvalue weighted by Gasteiger charge is 2.02. The molecule has 0 aliphatic carbocycles. The molecule has 1 heterocycles. The molecule has 1 aromatic rings. The van der Waals surface area contributed by atoms with E-state index in [4.69, 9.17) is 15.6 Å². The van der Waals surface area contributed by atoms with Crippen LogP contribution in [0.4, 0.5) is 11.6 Å². The molecule has 0 radical (unpaired) electrons. The number of hydrogen-bond acceptors (Lipinski definition) is 5. The minimum atomic E-state index is 0.0453. The number of imidazole rings is 1. The van der Waals surface area contributed by atoms with Crippen molar-refractivity contribution in [3.05, 3.63) is 5.82 Å². The first kappa shape index (κ1) is 10.8. The number of aliphatic hydroxyl groups is 1. The number of ether oxygens (including phenoxy) is 1. The summed E-state index contributed by atoms with van der Waals surface area (Å²) in [6.45, 7) is 3.38. The predicted octanol–water partition coefficient (Wildman–Crippen LogP) is -0.279. The molecule has 0 saturated carbocycles. The van der Waals surface area contributed by atoms with E-state index >= 15 is 0 Å². The number of aliphatic hydroxyl groups excluding tert-OH is 1. The Morgan fingerprint density at radius 3 is 2.93 bits per heavy atom. The van der Waals surface area contributed by atoms with Gasteiger partial charge in [0.1, 0.15) is 11.6 Å². The Labute approximate surface area is 82.5 Å². The molecule has 80 valence electrons. The molecule has 0 fully saturated rings. The van der Waals surface area contributed by atoms with Gasteiger partial charge < -0.3 is 25.9 Å². The summed E-state index contributed by atoms with van der Waals surface area (Å²) in [7, 11) is 0. The quantitative estimate of drug-likeness (QED) is 0.474. The summed E-state index contributed by atoms with van der Waals surface area (Å²) in [5.41, 5.74) is 5.62. The molecule has 0 aliphatic heterocycles. The molecule has 0 saturated heterocycles. The van der Waals surface area contributed by atoms with Gasteiger partial charge in [-0.25, -0.2) is 4.98 Å². The number of nitrogens with one attached hydrogen (secondary N) is 2. The van der Waals surface area contributed by atoms with Crippen LogP contribution in [0.3, 0.4) is 0 Å². The van der Waals surface area contributed by atoms with Gasteiger partial charge in [0.05, 0.1) is 19.8 Å². The summed E-state index contributed by atoms with van der Waals surface area (Å²) in [5.74, 6) is 1.96. The Kier molecular flexibility index (Phi) is 4.21. The molecule has 0 spiro atoms. The first-order valence-electron chi connectivity index (χ1n) is 4.48. The summed E-state index contributed by atoms with van der Waals surface area (Å²) in [6.07, 6.45) is 0. The molecule has 14 heavy (non-hydrogen) atoms. The van der Waals surface area contributed by atoms with Gasteiger partial charge in [-0.05, 0) is 6.92 Å². The number of hydrogen-bond donors (Lipinski definition) is 4. The van der Waals surface area contributed by atoms with Gasteiger partial charge >= 0.3 is 0 Å². The van der Waals surface area contributed by atoms with Crippen LogP contribution in [0.2, 0.25) is 0 Å². The summed E-state index contributed by atoms with van der Waals surface area (Å²) in [5, 5.41) is 11.5. The maximum absolute atomic E-state index is 8.45. The number of rotatable bonds is 6. The summed E-state index contributed by atoms with van der Waals surface area (Å²) in [6, 6.07) is 0. The zero-order chi connectivity index (χ0) is 10.4. The van der Waals surface area contributed by atoms with Gasteiger partial charge in [-0.15, -0.1) is 0 Å². The Balaban J connectivity index is 2.21. The highest BCUT2D eigenvalue weighted by molar-refractivity contribution is 5.56. The van der Waals surface area contributed by atoms with Crippen LogP contribution < -0.4 is 11.1 Å². The fraction of sp³-hybridized carbons (Fsp3) is 0.625. The average Bonchev–Trinajstić information content (AvgIpc) is 2.45. The second kappa shape index (κ2) is 5.46. The van der Waals surface area contributed by atoms with E-state index in [1.807, 2.05) is 6.92 Å². The molecule has 0 aromatic carbocycles. The van der Waals surface area contributed by atoms with E-state index in [-0.39, 0.29) is 6.61 Å². The average molecular weight is 200 g/mol. The van der Waals surface area contributed by atoms with E-state index < -0.39 is 0 Å². The normalized spacial score (nSPS) is 10.4. The van der Waals surface area contributed by atoms with Crippen LogP contribution in [-0.4, -0.2) is 41.4 Å². The first-order chi connectivity index (χ1) is 6.74. The Morgan fingerprint density at radius 1 is 1.57 bits per heavy atom. The molecule has 6 nitrogen and oxygen atoms in total. The lowest BCUT2D eigenvalue weighted by Gasteiger charge is -2.04. The number of nitrogens with two attached hydrogens (primary N) is 1. The molecule has 0 amide bonds. The Morgan fingerprint density at radius 2 is 2.36 bits per heavy atom. The summed E-state index contributed by atoms with van der Waals surface area (Å²) < 4.78 is 5.06. The lowest BCUT2D eigenvalue weighted by molar-refractivity contribution is 0.0992. The van der Waals surface area contributed by atoms with Crippen LogP contribution in [0.15, 0.2) is 0 Å². The molecule has 0 unspecified atom stereocenters. The maximum Gasteiger partial charge on any atom is 0.168 e. The molecule has 6 heteroatoms. The smallest absolute Gasteiger partial charge is 0.168 e. The third kappa shape index (κ3) is 3.23. The Bertz CT molecular complexity index is 274. The van der Waals surface area contributed by atoms with Gasteiger partial charge in [-0.2, -0.15) is 0 Å². The van der Waals surface area contributed by atoms with Crippen molar-refractivity contribution in [2.75, 3.05) is 37.4 Å². The van der Waals surface area contributed by atoms with Gasteiger partial charge in [-0.3, -0.25) is 0 Å². The van der Waals surface area contributed by atoms with Crippen LogP contribution in [0.1, 0.15) is 5.82 Å². The number of aromatic nitrogens is 2. The van der Waals surface area contributed by atoms with Gasteiger partial charge in [0, 0.05) is 6.54 Å². The lowest BCUT2D eigenvalue weighted by Crippen LogP contribution is -2.12. The van der Waals surface area contributed by atoms with Crippen molar-refractivity contribution in [3.8, 4) is 0 Å². The van der Waals surface area contributed by atoms with Crippen LogP contribution in [0.5, 0.6) is 0 Å². The largest absolute Gasteiger partial charge is 0.394 e. The molecule has 1 aromatic heterocycles. The summed E-state index contributed by atoms with van der Waals surface area (Å²) >= 11 is 0. The minimum Gasteiger partial charge on any atom is -0.394 e. The molecule has 0 atom stereocenters. The number of aromatic amines is 1. The van der Waals surface area contributed by atoms with Crippen molar-refractivity contribution < 1.29 is 9.84 Å². The van der Waals surface area contributed by atoms with Gasteiger partial charge in [0.2, 0.25) is 0 Å². The topological polar surface area (TPSA) is 96.2 Å². The number of aryl methyl sites for hydroxylation is 1. The predicted molar refractivity (Wildman–Crippen MR) is 54.1 cm³/mol. The van der Waals surface area contributed by atoms with Crippen LogP contribution in [0, 0.1) is 6.92 Å². The van der Waals surface area contributed by atoms with Crippen molar-refractivity contribution in [1.82, 2.24) is 9.97 Å². The molecule has 5 N–H and O–H groups in total. The van der Waals surface area contributed by atoms with Crippen molar-refractivity contribution in [1.29, 1.82) is 0 Å². The third-order valence-electron chi connectivity index (χ3n) is 1.62. The zero-order valence-electron chi connectivity index (χ0n) is 8.21. The van der Waals surface area contributed by atoms with E-state index in [2.05, 4.69) is 15.3 Å². The second-order valence-electron chi connectivity index (χ2n) is 2.85. The standard InChI is InChI=1S/C8H16N4O2/c1-6-11-7(9)8(12-6)10-2-4-14-5-3-13/h10,13H,2-5,9H2,1H3,(H,11,12). The highest BCUT2D eigenvalue weighted by atomic mass is 16.5. The van der Waals surface area contributed by atoms with Crippen LogP contribution >= 0.6 is 0 Å². The van der Waals surface area contributed by atoms with E-state index in [0.717, 1.165) is 5.82 Å². The fourth-order valence-corrected chi connectivity index (χ4v) is 1.05. The molecule has 0 aliphatic rings. The Hall–Kier alpha value is -1.27. The SMILES string of the molecule is Cc1nc(NCCOCCO)c(N)[nH]1. The van der Waals surface area contributed by atoms with E-state index in [1.165, 1.54) is 0 Å². The van der Waals surface area contributed by atoms with E-state index in [0.29, 0.717) is 31.4 Å². The van der Waals surface area contributed by atoms with Gasteiger partial charge in [0.15, 0.2) is 5.82 Å². The number of nitrogens with zero attached hydrogens (tertiary/aromatic N) is 1. The summed E-state index contributed by atoms with van der Waals surface area (Å²) in [4.78, 5) is 7.01. The first-order valence-corrected chi connectivity index (χ1v) is 4.48. The van der Waals surface area contributed by atoms with E-state index in [1.54, 1.807) is 0 Å². The fourth-order valence-electron chi connectivity index (χ4n) is 1.05. The van der Waals surface area contributed by atoms with Crippen molar-refractivity contribution in [3.63, 3.8) is 0 Å². The maximum atomic E-state index is 8.45. The van der Waals surface area contributed by atoms with Crippen LogP contribution in [0.25, 0.3) is 0 Å². The zero-order valence-corrected chi connectivity index (χ0v) is 8.21. The van der Waals surface area contributed by atoms with Gasteiger partial charge in [0.25, 0.3) is 0 Å². The number of H-pyrrole nitrogens is 1. The van der Waals surface area contributed by atoms with Crippen LogP contribution in [-0.2, 0) is 4.74 Å². The van der Waals surface area contributed by atoms with E-state index in [9.17, 15) is 0 Å². The molecular weight excluding hydrogens is 184 g/mol. The van der Waals surface area contributed by atoms with Crippen molar-refractivity contribution >= 4 is 11.6 Å². The third-order valence-corrected chi connectivity index (χ3v) is 1.62. The number of anilines is 2. The number of nitrogen functional groups attached to an aromatic ring is 1. The van der Waals surface area contributed by atoms with Crippen molar-refractivity contribution in [2.45, 2.75) is 6.92 Å². The highest BCUT2D eigenvalue weighted by Crippen LogP contribution is 2.12. The minimum absolute atomic E-state index is 0.0453. The lowest BCUT2D eigenvalue weighted by atomic mass is 10.6. The molecule has 1 rings (SSSR count). The molecular formula is C8H16N4O2.